The lowest BCUT2D eigenvalue weighted by Crippen LogP contribution is -2.66. The van der Waals surface area contributed by atoms with Gasteiger partial charge in [-0.1, -0.05) is 0 Å². The number of aliphatic hydroxyl groups excluding tert-OH is 13. The molecule has 20 nitrogen and oxygen atoms in total. The second-order valence-electron chi connectivity index (χ2n) is 15.5. The van der Waals surface area contributed by atoms with Crippen molar-refractivity contribution < 1.29 is 99.5 Å². The second kappa shape index (κ2) is 17.4. The predicted molar refractivity (Wildman–Crippen MR) is 171 cm³/mol. The van der Waals surface area contributed by atoms with E-state index in [1.54, 1.807) is 0 Å². The molecular formula is C33H57O20+. The molecule has 4 heterocycles. The molecule has 53 heavy (non-hydrogen) atoms. The van der Waals surface area contributed by atoms with Gasteiger partial charge in [-0.3, -0.25) is 0 Å². The molecule has 24 atom stereocenters. The van der Waals surface area contributed by atoms with Gasteiger partial charge in [-0.05, 0) is 32.6 Å². The highest BCUT2D eigenvalue weighted by atomic mass is 16.8. The van der Waals surface area contributed by atoms with E-state index in [2.05, 4.69) is 0 Å². The molecule has 6 fully saturated rings. The van der Waals surface area contributed by atoms with Crippen molar-refractivity contribution in [1.82, 2.24) is 0 Å². The highest BCUT2D eigenvalue weighted by Gasteiger charge is 2.56. The van der Waals surface area contributed by atoms with Crippen molar-refractivity contribution in [2.45, 2.75) is 180 Å². The minimum absolute atomic E-state index is 0.116. The Bertz CT molecular complexity index is 1170. The van der Waals surface area contributed by atoms with Gasteiger partial charge in [0.2, 0.25) is 0 Å². The normalized spacial score (nSPS) is 55.4. The van der Waals surface area contributed by atoms with E-state index in [0.29, 0.717) is 12.8 Å². The summed E-state index contributed by atoms with van der Waals surface area (Å²) >= 11 is 0. The van der Waals surface area contributed by atoms with Gasteiger partial charge in [-0.25, -0.2) is 0 Å². The van der Waals surface area contributed by atoms with Gasteiger partial charge < -0.3 is 99.5 Å². The zero-order chi connectivity index (χ0) is 38.5. The van der Waals surface area contributed by atoms with E-state index < -0.39 is 154 Å². The molecule has 0 aromatic heterocycles. The maximum atomic E-state index is 11.7. The standard InChI is InChI=1S/C33H56O20/c1-10-21(39)24(42)26(44)31(48-10)47-9-20-23(41)30(53-32-27(45)25(43)22(40)19(8-34)51-32)28(46)33(52-20)50-18-7-13-15(37)5-12(35)6-17(13)49-29(18)11-2-3-14(36)16(38)4-11/h10-46H,2-9H2,1H3/p+1. The van der Waals surface area contributed by atoms with Crippen LogP contribution < -0.4 is 0 Å². The third kappa shape index (κ3) is 8.72. The number of hydrogen-bond donors (Lipinski definition) is 13. The van der Waals surface area contributed by atoms with Crippen molar-refractivity contribution in [2.24, 2.45) is 11.8 Å². The Hall–Kier alpha value is -0.800. The fourth-order valence-corrected chi connectivity index (χ4v) is 8.66. The van der Waals surface area contributed by atoms with Gasteiger partial charge in [0.25, 0.3) is 0 Å². The molecule has 0 aromatic carbocycles. The van der Waals surface area contributed by atoms with Gasteiger partial charge >= 0.3 is 0 Å². The molecule has 2 aliphatic carbocycles. The number of aliphatic hydroxyl groups is 15. The number of fused-ring (bicyclic) bond motifs is 1. The van der Waals surface area contributed by atoms with Crippen LogP contribution in [0.5, 0.6) is 0 Å². The van der Waals surface area contributed by atoms with Crippen LogP contribution in [0.1, 0.15) is 45.4 Å². The van der Waals surface area contributed by atoms with E-state index in [1.807, 2.05) is 0 Å². The van der Waals surface area contributed by atoms with Gasteiger partial charge in [0, 0.05) is 18.8 Å². The third-order valence-corrected chi connectivity index (χ3v) is 11.9. The van der Waals surface area contributed by atoms with Crippen molar-refractivity contribution >= 4 is 0 Å². The summed E-state index contributed by atoms with van der Waals surface area (Å²) in [4.78, 5) is 0. The van der Waals surface area contributed by atoms with E-state index in [0.717, 1.165) is 0 Å². The molecule has 0 radical (unpaired) electrons. The first-order chi connectivity index (χ1) is 25.1. The van der Waals surface area contributed by atoms with Crippen LogP contribution in [0.2, 0.25) is 0 Å². The fraction of sp³-hybridized carbons (Fsp3) is 1.00. The van der Waals surface area contributed by atoms with E-state index in [-0.39, 0.29) is 31.6 Å². The molecule has 14 N–H and O–H groups in total. The summed E-state index contributed by atoms with van der Waals surface area (Å²) in [5, 5.41) is 137. The Balaban J connectivity index is 1.25. The minimum atomic E-state index is -1.90. The summed E-state index contributed by atoms with van der Waals surface area (Å²) in [6.45, 7) is 0.0873. The Morgan fingerprint density at radius 1 is 0.585 bits per heavy atom. The minimum Gasteiger partial charge on any atom is -0.427 e. The SMILES string of the molecule is CC1OC(OCC2OC(OC3CC4C(O)CC(O)CC4[OH+]C3C3CCC(O)C(O)C3)C(O)C(OC3OC(CO)C(O)C(O)C3O)C2O)C(O)C(O)C1O. The maximum absolute atomic E-state index is 11.7. The molecular weight excluding hydrogens is 716 g/mol. The summed E-state index contributed by atoms with van der Waals surface area (Å²) < 4.78 is 40.0. The lowest BCUT2D eigenvalue weighted by atomic mass is 9.72. The van der Waals surface area contributed by atoms with Crippen molar-refractivity contribution in [3.8, 4) is 0 Å². The lowest BCUT2D eigenvalue weighted by molar-refractivity contribution is -0.383. The summed E-state index contributed by atoms with van der Waals surface area (Å²) in [5.41, 5.74) is 0. The van der Waals surface area contributed by atoms with Crippen molar-refractivity contribution in [2.75, 3.05) is 13.2 Å². The van der Waals surface area contributed by atoms with E-state index in [9.17, 15) is 66.4 Å². The summed E-state index contributed by atoms with van der Waals surface area (Å²) in [6, 6.07) is 0. The Labute approximate surface area is 305 Å². The number of ether oxygens (including phenoxy) is 7. The predicted octanol–water partition coefficient (Wildman–Crippen LogP) is -6.83. The molecule has 0 amide bonds. The van der Waals surface area contributed by atoms with Gasteiger partial charge in [0.05, 0.1) is 49.7 Å². The van der Waals surface area contributed by atoms with Crippen LogP contribution in [0.15, 0.2) is 0 Å². The van der Waals surface area contributed by atoms with Crippen LogP contribution >= 0.6 is 0 Å². The fourth-order valence-electron chi connectivity index (χ4n) is 8.66. The van der Waals surface area contributed by atoms with Crippen molar-refractivity contribution in [3.63, 3.8) is 0 Å². The first-order valence-electron chi connectivity index (χ1n) is 18.5. The average molecular weight is 774 g/mol. The van der Waals surface area contributed by atoms with Crippen molar-refractivity contribution in [3.05, 3.63) is 0 Å². The molecule has 0 spiro atoms. The second-order valence-corrected chi connectivity index (χ2v) is 15.5. The Morgan fingerprint density at radius 3 is 1.94 bits per heavy atom. The van der Waals surface area contributed by atoms with E-state index >= 15 is 0 Å². The zero-order valence-corrected chi connectivity index (χ0v) is 29.2. The van der Waals surface area contributed by atoms with Crippen molar-refractivity contribution in [1.29, 1.82) is 0 Å². The molecule has 308 valence electrons. The first-order valence-corrected chi connectivity index (χ1v) is 18.5. The number of hydrogen-bond acceptors (Lipinski definition) is 19. The Morgan fingerprint density at radius 2 is 1.25 bits per heavy atom. The molecule has 6 aliphatic rings. The highest BCUT2D eigenvalue weighted by molar-refractivity contribution is 4.99. The molecule has 4 aliphatic heterocycles. The summed E-state index contributed by atoms with van der Waals surface area (Å²) in [7, 11) is 0. The summed E-state index contributed by atoms with van der Waals surface area (Å²) in [5.74, 6) is -0.755. The monoisotopic (exact) mass is 773 g/mol. The molecule has 6 rings (SSSR count). The smallest absolute Gasteiger partial charge is 0.187 e. The van der Waals surface area contributed by atoms with Crippen LogP contribution in [0.4, 0.5) is 0 Å². The summed E-state index contributed by atoms with van der Waals surface area (Å²) in [6.07, 6.45) is -28.4. The molecule has 24 unspecified atom stereocenters. The van der Waals surface area contributed by atoms with Crippen LogP contribution in [0.3, 0.4) is 0 Å². The van der Waals surface area contributed by atoms with Crippen LogP contribution in [-0.4, -0.2) is 219 Å². The Kier molecular flexibility index (Phi) is 13.7. The largest absolute Gasteiger partial charge is 0.427 e. The topological polar surface area (TPSA) is 331 Å². The van der Waals surface area contributed by atoms with E-state index in [4.69, 9.17) is 33.2 Å². The lowest BCUT2D eigenvalue weighted by Gasteiger charge is -2.49. The zero-order valence-electron chi connectivity index (χ0n) is 29.2. The molecule has 0 aromatic rings. The van der Waals surface area contributed by atoms with Crippen LogP contribution in [-0.2, 0) is 28.4 Å². The first kappa shape index (κ1) is 41.8. The molecule has 4 saturated heterocycles. The van der Waals surface area contributed by atoms with Crippen LogP contribution in [0.25, 0.3) is 0 Å². The average Bonchev–Trinajstić information content (AvgIpc) is 3.12. The maximum Gasteiger partial charge on any atom is 0.187 e. The molecule has 20 heteroatoms. The van der Waals surface area contributed by atoms with E-state index in [1.165, 1.54) is 6.92 Å². The van der Waals surface area contributed by atoms with Gasteiger partial charge in [0.1, 0.15) is 73.2 Å². The van der Waals surface area contributed by atoms with Gasteiger partial charge in [-0.2, -0.15) is 0 Å². The van der Waals surface area contributed by atoms with Gasteiger partial charge in [-0.15, -0.1) is 0 Å². The number of rotatable bonds is 9. The third-order valence-electron chi connectivity index (χ3n) is 11.9. The van der Waals surface area contributed by atoms with Crippen LogP contribution in [0, 0.1) is 11.8 Å². The quantitative estimate of drug-likeness (QED) is 0.0968. The highest BCUT2D eigenvalue weighted by Crippen LogP contribution is 2.42. The molecule has 0 bridgehead atoms. The van der Waals surface area contributed by atoms with Gasteiger partial charge in [0.15, 0.2) is 31.1 Å². The molecule has 2 saturated carbocycles.